The SMILES string of the molecule is CCN(CC)[C@@H](CN[C@H]1CS(=O)(=O)C[C@@H]1O)c1ccccc1Cl. The van der Waals surface area contributed by atoms with Crippen molar-refractivity contribution >= 4 is 21.4 Å². The Morgan fingerprint density at radius 2 is 1.96 bits per heavy atom. The molecule has 1 aromatic rings. The van der Waals surface area contributed by atoms with Gasteiger partial charge in [-0.1, -0.05) is 43.6 Å². The molecule has 3 atom stereocenters. The average molecular weight is 361 g/mol. The molecular weight excluding hydrogens is 336 g/mol. The van der Waals surface area contributed by atoms with Gasteiger partial charge in [-0.05, 0) is 24.7 Å². The fraction of sp³-hybridized carbons (Fsp3) is 0.625. The second-order valence-electron chi connectivity index (χ2n) is 5.92. The Kier molecular flexibility index (Phi) is 6.45. The summed E-state index contributed by atoms with van der Waals surface area (Å²) in [5.41, 5.74) is 1.01. The molecular formula is C16H25ClN2O3S. The number of hydrogen-bond donors (Lipinski definition) is 2. The zero-order chi connectivity index (χ0) is 17.0. The number of hydrogen-bond acceptors (Lipinski definition) is 5. The van der Waals surface area contributed by atoms with Crippen LogP contribution in [0, 0.1) is 0 Å². The van der Waals surface area contributed by atoms with Gasteiger partial charge < -0.3 is 10.4 Å². The first-order valence-corrected chi connectivity index (χ1v) is 10.2. The van der Waals surface area contributed by atoms with Gasteiger partial charge in [0.15, 0.2) is 9.84 Å². The number of aliphatic hydroxyl groups is 1. The van der Waals surface area contributed by atoms with E-state index in [9.17, 15) is 13.5 Å². The van der Waals surface area contributed by atoms with Crippen molar-refractivity contribution in [2.45, 2.75) is 32.0 Å². The molecule has 0 amide bonds. The second kappa shape index (κ2) is 7.94. The minimum atomic E-state index is -3.15. The molecule has 2 N–H and O–H groups in total. The number of rotatable bonds is 7. The molecule has 130 valence electrons. The number of benzene rings is 1. The maximum Gasteiger partial charge on any atom is 0.154 e. The largest absolute Gasteiger partial charge is 0.390 e. The molecule has 0 bridgehead atoms. The van der Waals surface area contributed by atoms with Crippen LogP contribution < -0.4 is 5.32 Å². The van der Waals surface area contributed by atoms with Crippen LogP contribution in [0.2, 0.25) is 5.02 Å². The van der Waals surface area contributed by atoms with Gasteiger partial charge in [0, 0.05) is 23.7 Å². The molecule has 1 heterocycles. The predicted molar refractivity (Wildman–Crippen MR) is 93.6 cm³/mol. The third-order valence-corrected chi connectivity index (χ3v) is 6.47. The van der Waals surface area contributed by atoms with Crippen molar-refractivity contribution in [3.05, 3.63) is 34.9 Å². The monoisotopic (exact) mass is 360 g/mol. The van der Waals surface area contributed by atoms with Gasteiger partial charge in [-0.25, -0.2) is 8.42 Å². The number of halogens is 1. The first-order valence-electron chi connectivity index (χ1n) is 7.98. The molecule has 1 saturated heterocycles. The van der Waals surface area contributed by atoms with Gasteiger partial charge in [0.05, 0.1) is 17.6 Å². The van der Waals surface area contributed by atoms with Gasteiger partial charge in [-0.3, -0.25) is 4.90 Å². The number of nitrogens with zero attached hydrogens (tertiary/aromatic N) is 1. The summed E-state index contributed by atoms with van der Waals surface area (Å²) in [6.07, 6.45) is -0.844. The van der Waals surface area contributed by atoms with Crippen LogP contribution in [-0.4, -0.2) is 61.7 Å². The topological polar surface area (TPSA) is 69.6 Å². The van der Waals surface area contributed by atoms with Crippen molar-refractivity contribution in [1.29, 1.82) is 0 Å². The smallest absolute Gasteiger partial charge is 0.154 e. The fourth-order valence-corrected chi connectivity index (χ4v) is 5.17. The van der Waals surface area contributed by atoms with Crippen LogP contribution in [-0.2, 0) is 9.84 Å². The Morgan fingerprint density at radius 1 is 1.30 bits per heavy atom. The van der Waals surface area contributed by atoms with Crippen LogP contribution in [0.4, 0.5) is 0 Å². The Hall–Kier alpha value is -0.660. The van der Waals surface area contributed by atoms with Crippen LogP contribution in [0.15, 0.2) is 24.3 Å². The van der Waals surface area contributed by atoms with E-state index in [0.29, 0.717) is 11.6 Å². The molecule has 23 heavy (non-hydrogen) atoms. The van der Waals surface area contributed by atoms with Gasteiger partial charge in [0.25, 0.3) is 0 Å². The van der Waals surface area contributed by atoms with Gasteiger partial charge in [-0.2, -0.15) is 0 Å². The highest BCUT2D eigenvalue weighted by atomic mass is 35.5. The molecule has 0 aromatic heterocycles. The normalized spacial score (nSPS) is 24.9. The van der Waals surface area contributed by atoms with E-state index in [1.54, 1.807) is 0 Å². The summed E-state index contributed by atoms with van der Waals surface area (Å²) in [5.74, 6) is -0.172. The molecule has 1 aliphatic rings. The summed E-state index contributed by atoms with van der Waals surface area (Å²) < 4.78 is 23.3. The molecule has 7 heteroatoms. The lowest BCUT2D eigenvalue weighted by Gasteiger charge is -2.32. The average Bonchev–Trinajstić information content (AvgIpc) is 2.77. The maximum atomic E-state index is 11.6. The molecule has 5 nitrogen and oxygen atoms in total. The Bertz CT molecular complexity index is 620. The van der Waals surface area contributed by atoms with Gasteiger partial charge >= 0.3 is 0 Å². The van der Waals surface area contributed by atoms with Gasteiger partial charge in [0.2, 0.25) is 0 Å². The number of aliphatic hydroxyl groups excluding tert-OH is 1. The predicted octanol–water partition coefficient (Wildman–Crippen LogP) is 1.47. The summed E-state index contributed by atoms with van der Waals surface area (Å²) in [4.78, 5) is 2.27. The van der Waals surface area contributed by atoms with Crippen LogP contribution in [0.1, 0.15) is 25.5 Å². The highest BCUT2D eigenvalue weighted by Gasteiger charge is 2.36. The highest BCUT2D eigenvalue weighted by Crippen LogP contribution is 2.27. The fourth-order valence-electron chi connectivity index (χ4n) is 3.13. The lowest BCUT2D eigenvalue weighted by molar-refractivity contribution is 0.151. The number of likely N-dealkylation sites (N-methyl/N-ethyl adjacent to an activating group) is 1. The van der Waals surface area contributed by atoms with E-state index in [-0.39, 0.29) is 17.5 Å². The molecule has 0 aliphatic carbocycles. The van der Waals surface area contributed by atoms with Crippen LogP contribution in [0.5, 0.6) is 0 Å². The van der Waals surface area contributed by atoms with E-state index in [0.717, 1.165) is 18.7 Å². The first kappa shape index (κ1) is 18.7. The second-order valence-corrected chi connectivity index (χ2v) is 8.48. The van der Waals surface area contributed by atoms with E-state index >= 15 is 0 Å². The zero-order valence-electron chi connectivity index (χ0n) is 13.6. The highest BCUT2D eigenvalue weighted by molar-refractivity contribution is 7.91. The summed E-state index contributed by atoms with van der Waals surface area (Å²) in [6, 6.07) is 7.32. The Morgan fingerprint density at radius 3 is 2.48 bits per heavy atom. The van der Waals surface area contributed by atoms with Crippen LogP contribution in [0.25, 0.3) is 0 Å². The Balaban J connectivity index is 2.14. The maximum absolute atomic E-state index is 11.6. The van der Waals surface area contributed by atoms with Crippen molar-refractivity contribution in [1.82, 2.24) is 10.2 Å². The zero-order valence-corrected chi connectivity index (χ0v) is 15.1. The third kappa shape index (κ3) is 4.67. The van der Waals surface area contributed by atoms with Gasteiger partial charge in [0.1, 0.15) is 0 Å². The van der Waals surface area contributed by atoms with Crippen molar-refractivity contribution < 1.29 is 13.5 Å². The third-order valence-electron chi connectivity index (χ3n) is 4.41. The quantitative estimate of drug-likeness (QED) is 0.770. The van der Waals surface area contributed by atoms with E-state index in [1.165, 1.54) is 0 Å². The van der Waals surface area contributed by atoms with Gasteiger partial charge in [-0.15, -0.1) is 0 Å². The Labute approximate surface area is 143 Å². The molecule has 0 unspecified atom stereocenters. The van der Waals surface area contributed by atoms with E-state index in [1.807, 2.05) is 24.3 Å². The first-order chi connectivity index (χ1) is 10.9. The number of nitrogens with one attached hydrogen (secondary N) is 1. The standard InChI is InChI=1S/C16H25ClN2O3S/c1-3-19(4-2)15(12-7-5-6-8-13(12)17)9-18-14-10-23(21,22)11-16(14)20/h5-8,14-16,18,20H,3-4,9-11H2,1-2H3/t14-,15-,16-/m0/s1. The van der Waals surface area contributed by atoms with Crippen molar-refractivity contribution in [3.63, 3.8) is 0 Å². The van der Waals surface area contributed by atoms with Crippen LogP contribution in [0.3, 0.4) is 0 Å². The lowest BCUT2D eigenvalue weighted by Crippen LogP contribution is -2.44. The summed E-state index contributed by atoms with van der Waals surface area (Å²) in [6.45, 7) is 6.44. The molecule has 0 radical (unpaired) electrons. The minimum Gasteiger partial charge on any atom is -0.390 e. The molecule has 1 aliphatic heterocycles. The molecule has 0 saturated carbocycles. The summed E-state index contributed by atoms with van der Waals surface area (Å²) in [7, 11) is -3.15. The summed E-state index contributed by atoms with van der Waals surface area (Å²) in [5, 5.41) is 13.9. The van der Waals surface area contributed by atoms with Crippen molar-refractivity contribution in [2.75, 3.05) is 31.1 Å². The molecule has 2 rings (SSSR count). The molecule has 1 aromatic carbocycles. The van der Waals surface area contributed by atoms with E-state index in [4.69, 9.17) is 11.6 Å². The summed E-state index contributed by atoms with van der Waals surface area (Å²) >= 11 is 6.35. The minimum absolute atomic E-state index is 0.0122. The van der Waals surface area contributed by atoms with E-state index in [2.05, 4.69) is 24.1 Å². The molecule has 1 fully saturated rings. The lowest BCUT2D eigenvalue weighted by atomic mass is 10.0. The van der Waals surface area contributed by atoms with Crippen molar-refractivity contribution in [2.24, 2.45) is 0 Å². The van der Waals surface area contributed by atoms with E-state index < -0.39 is 22.0 Å². The molecule has 0 spiro atoms. The van der Waals surface area contributed by atoms with Crippen LogP contribution >= 0.6 is 11.6 Å². The number of sulfone groups is 1. The van der Waals surface area contributed by atoms with Crippen molar-refractivity contribution in [3.8, 4) is 0 Å².